The summed E-state index contributed by atoms with van der Waals surface area (Å²) in [5, 5.41) is 11.5. The molecule has 6 nitrogen and oxygen atoms in total. The second-order valence-electron chi connectivity index (χ2n) is 7.17. The lowest BCUT2D eigenvalue weighted by atomic mass is 10.1. The number of carbonyl (C=O) groups excluding carboxylic acids is 1. The van der Waals surface area contributed by atoms with Gasteiger partial charge in [0.05, 0.1) is 0 Å². The van der Waals surface area contributed by atoms with Crippen molar-refractivity contribution >= 4 is 16.0 Å². The van der Waals surface area contributed by atoms with Crippen LogP contribution in [0.15, 0.2) is 12.2 Å². The summed E-state index contributed by atoms with van der Waals surface area (Å²) in [6.07, 6.45) is 18.6. The van der Waals surface area contributed by atoms with Gasteiger partial charge in [-0.3, -0.25) is 9.35 Å². The highest BCUT2D eigenvalue weighted by Gasteiger charge is 2.15. The Bertz CT molecular complexity index is 491. The Morgan fingerprint density at radius 1 is 0.889 bits per heavy atom. The van der Waals surface area contributed by atoms with Gasteiger partial charge < -0.3 is 10.4 Å². The number of amides is 1. The Kier molecular flexibility index (Phi) is 16.6. The first-order chi connectivity index (χ1) is 12.8. The van der Waals surface area contributed by atoms with E-state index < -0.39 is 28.0 Å². The normalized spacial score (nSPS) is 13.1. The Hall–Kier alpha value is -0.920. The Labute approximate surface area is 165 Å². The molecule has 0 saturated heterocycles. The minimum absolute atomic E-state index is 0.251. The molecule has 0 fully saturated rings. The molecule has 1 unspecified atom stereocenters. The average Bonchev–Trinajstić information content (AvgIpc) is 2.56. The zero-order valence-corrected chi connectivity index (χ0v) is 17.7. The standard InChI is InChI=1S/C20H39NO5S/c1-2-3-4-5-6-7-8-9-10-11-12-13-14-15-16-17-19(22)21-20(23)18-27(24,25)26/h9-10,20,23H,2-8,11-18H2,1H3,(H,21,22)(H,24,25,26)/b10-9-. The highest BCUT2D eigenvalue weighted by atomic mass is 32.2. The molecule has 0 aromatic carbocycles. The molecule has 0 aromatic rings. The first kappa shape index (κ1) is 26.1. The van der Waals surface area contributed by atoms with Crippen molar-refractivity contribution < 1.29 is 22.9 Å². The third kappa shape index (κ3) is 21.2. The van der Waals surface area contributed by atoms with Gasteiger partial charge in [-0.2, -0.15) is 8.42 Å². The number of carbonyl (C=O) groups is 1. The molecule has 0 aromatic heterocycles. The second-order valence-corrected chi connectivity index (χ2v) is 8.66. The number of aliphatic hydroxyl groups is 1. The lowest BCUT2D eigenvalue weighted by molar-refractivity contribution is -0.123. The van der Waals surface area contributed by atoms with Gasteiger partial charge in [0.1, 0.15) is 12.0 Å². The number of allylic oxidation sites excluding steroid dienone is 2. The average molecular weight is 406 g/mol. The van der Waals surface area contributed by atoms with Crippen molar-refractivity contribution in [3.63, 3.8) is 0 Å². The number of nitrogens with one attached hydrogen (secondary N) is 1. The summed E-state index contributed by atoms with van der Waals surface area (Å²) in [7, 11) is -4.29. The molecule has 0 radical (unpaired) electrons. The van der Waals surface area contributed by atoms with Crippen LogP contribution in [0.5, 0.6) is 0 Å². The van der Waals surface area contributed by atoms with Crippen molar-refractivity contribution in [3.05, 3.63) is 12.2 Å². The highest BCUT2D eigenvalue weighted by Crippen LogP contribution is 2.10. The minimum Gasteiger partial charge on any atom is -0.373 e. The summed E-state index contributed by atoms with van der Waals surface area (Å²) < 4.78 is 29.7. The van der Waals surface area contributed by atoms with Gasteiger partial charge in [0.15, 0.2) is 0 Å². The maximum absolute atomic E-state index is 11.5. The summed E-state index contributed by atoms with van der Waals surface area (Å²) in [4.78, 5) is 11.5. The van der Waals surface area contributed by atoms with Crippen LogP contribution in [0.2, 0.25) is 0 Å². The van der Waals surface area contributed by atoms with Crippen molar-refractivity contribution in [3.8, 4) is 0 Å². The van der Waals surface area contributed by atoms with Crippen LogP contribution in [0.1, 0.15) is 96.8 Å². The molecule has 0 saturated carbocycles. The van der Waals surface area contributed by atoms with Crippen molar-refractivity contribution in [2.24, 2.45) is 0 Å². The van der Waals surface area contributed by atoms with Crippen LogP contribution >= 0.6 is 0 Å². The van der Waals surface area contributed by atoms with Crippen LogP contribution in [0.25, 0.3) is 0 Å². The fourth-order valence-electron chi connectivity index (χ4n) is 2.86. The third-order valence-electron chi connectivity index (χ3n) is 4.36. The Morgan fingerprint density at radius 2 is 1.37 bits per heavy atom. The molecule has 0 aliphatic carbocycles. The van der Waals surface area contributed by atoms with E-state index in [9.17, 15) is 18.3 Å². The molecule has 0 spiro atoms. The molecular weight excluding hydrogens is 366 g/mol. The molecule has 0 heterocycles. The molecule has 27 heavy (non-hydrogen) atoms. The van der Waals surface area contributed by atoms with Gasteiger partial charge in [-0.05, 0) is 32.1 Å². The van der Waals surface area contributed by atoms with Crippen molar-refractivity contribution in [1.29, 1.82) is 0 Å². The molecule has 1 atom stereocenters. The topological polar surface area (TPSA) is 104 Å². The van der Waals surface area contributed by atoms with Crippen molar-refractivity contribution in [2.75, 3.05) is 5.75 Å². The van der Waals surface area contributed by atoms with Crippen LogP contribution in [0.3, 0.4) is 0 Å². The van der Waals surface area contributed by atoms with Crippen LogP contribution in [0.4, 0.5) is 0 Å². The van der Waals surface area contributed by atoms with E-state index in [-0.39, 0.29) is 6.42 Å². The quantitative estimate of drug-likeness (QED) is 0.136. The summed E-state index contributed by atoms with van der Waals surface area (Å²) in [5.41, 5.74) is 0. The first-order valence-electron chi connectivity index (χ1n) is 10.4. The minimum atomic E-state index is -4.29. The molecule has 0 aliphatic rings. The summed E-state index contributed by atoms with van der Waals surface area (Å²) in [6, 6.07) is 0. The van der Waals surface area contributed by atoms with Gasteiger partial charge in [0, 0.05) is 6.42 Å². The first-order valence-corrected chi connectivity index (χ1v) is 12.0. The maximum atomic E-state index is 11.5. The van der Waals surface area contributed by atoms with Gasteiger partial charge in [0.25, 0.3) is 10.1 Å². The van der Waals surface area contributed by atoms with Crippen LogP contribution in [-0.4, -0.2) is 36.0 Å². The van der Waals surface area contributed by atoms with Crippen molar-refractivity contribution in [1.82, 2.24) is 5.32 Å². The van der Waals surface area contributed by atoms with E-state index in [2.05, 4.69) is 24.4 Å². The van der Waals surface area contributed by atoms with E-state index >= 15 is 0 Å². The Balaban J connectivity index is 3.39. The summed E-state index contributed by atoms with van der Waals surface area (Å²) in [5.74, 6) is -1.28. The highest BCUT2D eigenvalue weighted by molar-refractivity contribution is 7.85. The van der Waals surface area contributed by atoms with Gasteiger partial charge in [-0.25, -0.2) is 0 Å². The fraction of sp³-hybridized carbons (Fsp3) is 0.850. The molecule has 160 valence electrons. The van der Waals surface area contributed by atoms with Gasteiger partial charge in [-0.1, -0.05) is 70.4 Å². The molecular formula is C20H39NO5S. The number of hydrogen-bond donors (Lipinski definition) is 3. The fourth-order valence-corrected chi connectivity index (χ4v) is 3.34. The van der Waals surface area contributed by atoms with Crippen LogP contribution in [-0.2, 0) is 14.9 Å². The zero-order valence-electron chi connectivity index (χ0n) is 16.9. The van der Waals surface area contributed by atoms with Crippen LogP contribution < -0.4 is 5.32 Å². The maximum Gasteiger partial charge on any atom is 0.269 e. The molecule has 0 rings (SSSR count). The number of hydrogen-bond acceptors (Lipinski definition) is 4. The van der Waals surface area contributed by atoms with E-state index in [1.807, 2.05) is 0 Å². The summed E-state index contributed by atoms with van der Waals surface area (Å²) >= 11 is 0. The number of aliphatic hydroxyl groups excluding tert-OH is 1. The molecule has 7 heteroatoms. The van der Waals surface area contributed by atoms with E-state index in [0.717, 1.165) is 32.1 Å². The molecule has 1 amide bonds. The van der Waals surface area contributed by atoms with E-state index in [1.54, 1.807) is 0 Å². The van der Waals surface area contributed by atoms with Gasteiger partial charge in [0.2, 0.25) is 5.91 Å². The lowest BCUT2D eigenvalue weighted by Crippen LogP contribution is -2.39. The van der Waals surface area contributed by atoms with Crippen molar-refractivity contribution in [2.45, 2.75) is 103 Å². The number of rotatable bonds is 18. The monoisotopic (exact) mass is 405 g/mol. The second kappa shape index (κ2) is 17.2. The number of unbranched alkanes of at least 4 members (excludes halogenated alkanes) is 11. The predicted molar refractivity (Wildman–Crippen MR) is 110 cm³/mol. The smallest absolute Gasteiger partial charge is 0.269 e. The lowest BCUT2D eigenvalue weighted by Gasteiger charge is -2.10. The Morgan fingerprint density at radius 3 is 1.89 bits per heavy atom. The zero-order chi connectivity index (χ0) is 20.4. The molecule has 0 bridgehead atoms. The SMILES string of the molecule is CCCCCCCC/C=C\CCCCCCCC(=O)NC(O)CS(=O)(=O)O. The summed E-state index contributed by atoms with van der Waals surface area (Å²) in [6.45, 7) is 2.24. The third-order valence-corrected chi connectivity index (χ3v) is 5.10. The molecule has 0 aliphatic heterocycles. The van der Waals surface area contributed by atoms with Crippen LogP contribution in [0, 0.1) is 0 Å². The molecule has 3 N–H and O–H groups in total. The van der Waals surface area contributed by atoms with E-state index in [1.165, 1.54) is 44.9 Å². The largest absolute Gasteiger partial charge is 0.373 e. The van der Waals surface area contributed by atoms with E-state index in [0.29, 0.717) is 6.42 Å². The van der Waals surface area contributed by atoms with Gasteiger partial charge in [-0.15, -0.1) is 0 Å². The predicted octanol–water partition coefficient (Wildman–Crippen LogP) is 4.35. The van der Waals surface area contributed by atoms with Gasteiger partial charge >= 0.3 is 0 Å². The van der Waals surface area contributed by atoms with E-state index in [4.69, 9.17) is 4.55 Å².